The molecule has 0 radical (unpaired) electrons. The Hall–Kier alpha value is -1.88. The van der Waals surface area contributed by atoms with Gasteiger partial charge in [-0.2, -0.15) is 17.0 Å². The molecule has 1 aromatic heterocycles. The summed E-state index contributed by atoms with van der Waals surface area (Å²) in [5.74, 6) is 1.01. The number of hydrogen-bond acceptors (Lipinski definition) is 7. The lowest BCUT2D eigenvalue weighted by Gasteiger charge is -2.39. The van der Waals surface area contributed by atoms with Crippen LogP contribution in [-0.2, 0) is 4.74 Å². The zero-order valence-corrected chi connectivity index (χ0v) is 19.0. The van der Waals surface area contributed by atoms with E-state index < -0.39 is 0 Å². The van der Waals surface area contributed by atoms with E-state index in [2.05, 4.69) is 33.2 Å². The Labute approximate surface area is 179 Å². The van der Waals surface area contributed by atoms with Crippen molar-refractivity contribution >= 4 is 28.5 Å². The second-order valence-corrected chi connectivity index (χ2v) is 7.92. The van der Waals surface area contributed by atoms with Gasteiger partial charge in [0.1, 0.15) is 17.1 Å². The van der Waals surface area contributed by atoms with Crippen LogP contribution in [-0.4, -0.2) is 59.4 Å². The number of morpholine rings is 1. The average molecular weight is 416 g/mol. The van der Waals surface area contributed by atoms with Gasteiger partial charge in [0.25, 0.3) is 0 Å². The fourth-order valence-corrected chi connectivity index (χ4v) is 4.49. The summed E-state index contributed by atoms with van der Waals surface area (Å²) >= 11 is 1.99. The maximum absolute atomic E-state index is 9.31. The van der Waals surface area contributed by atoms with E-state index in [9.17, 15) is 5.26 Å². The van der Waals surface area contributed by atoms with E-state index in [-0.39, 0.29) is 12.2 Å². The third-order valence-electron chi connectivity index (χ3n) is 4.65. The maximum atomic E-state index is 9.31. The van der Waals surface area contributed by atoms with E-state index in [1.807, 2.05) is 51.6 Å². The third-order valence-corrected chi connectivity index (χ3v) is 6.02. The van der Waals surface area contributed by atoms with Gasteiger partial charge in [0.05, 0.1) is 23.5 Å². The molecule has 2 aliphatic rings. The minimum atomic E-state index is 0.168. The Morgan fingerprint density at radius 2 is 1.83 bits per heavy atom. The normalized spacial score (nSPS) is 21.2. The molecule has 7 heteroatoms. The van der Waals surface area contributed by atoms with Gasteiger partial charge in [-0.25, -0.2) is 0 Å². The highest BCUT2D eigenvalue weighted by molar-refractivity contribution is 8.00. The lowest BCUT2D eigenvalue weighted by atomic mass is 10.1. The van der Waals surface area contributed by atoms with E-state index in [1.165, 1.54) is 0 Å². The fraction of sp³-hybridized carbons (Fsp3) is 0.591. The van der Waals surface area contributed by atoms with Crippen molar-refractivity contribution in [1.29, 1.82) is 5.26 Å². The number of nitrogens with zero attached hydrogens (tertiary/aromatic N) is 4. The van der Waals surface area contributed by atoms with Gasteiger partial charge >= 0.3 is 0 Å². The van der Waals surface area contributed by atoms with Crippen LogP contribution in [0.15, 0.2) is 24.5 Å². The predicted molar refractivity (Wildman–Crippen MR) is 123 cm³/mol. The molecule has 0 spiro atoms. The molecule has 29 heavy (non-hydrogen) atoms. The van der Waals surface area contributed by atoms with Crippen molar-refractivity contribution < 1.29 is 4.74 Å². The molecule has 2 aromatic rings. The van der Waals surface area contributed by atoms with Crippen molar-refractivity contribution in [3.63, 3.8) is 0 Å². The Morgan fingerprint density at radius 3 is 2.45 bits per heavy atom. The minimum absolute atomic E-state index is 0.168. The van der Waals surface area contributed by atoms with Crippen molar-refractivity contribution in [3.8, 4) is 6.07 Å². The number of ether oxygens (including phenoxy) is 1. The lowest BCUT2D eigenvalue weighted by molar-refractivity contribution is -0.00260. The number of thioether (sulfide) groups is 1. The summed E-state index contributed by atoms with van der Waals surface area (Å²) in [6.07, 6.45) is 3.70. The molecular weight excluding hydrogens is 382 g/mol. The van der Waals surface area contributed by atoms with Crippen LogP contribution in [0.25, 0.3) is 11.0 Å². The zero-order chi connectivity index (χ0) is 21.2. The summed E-state index contributed by atoms with van der Waals surface area (Å²) in [7, 11) is 0. The standard InChI is InChI=1S/C18H21N5OS.2C2H6/c1-12-9-23(10-14(24-12)11-25-15-7-20-8-15)16-3-2-13(6-19)17-18(16)22-5-4-21-17;2*1-2/h2-5,12,14-15,20H,7-11H2,1H3;2*1-2H3/t12?,14-;;/m1../s1. The molecule has 4 rings (SSSR count). The number of aromatic nitrogens is 2. The SMILES string of the molecule is CC.CC.CC1CN(c2ccc(C#N)c3nccnc23)C[C@H](CSC2CNC2)O1. The highest BCUT2D eigenvalue weighted by atomic mass is 32.2. The monoisotopic (exact) mass is 415 g/mol. The highest BCUT2D eigenvalue weighted by Crippen LogP contribution is 2.29. The van der Waals surface area contributed by atoms with E-state index >= 15 is 0 Å². The molecule has 0 aliphatic carbocycles. The van der Waals surface area contributed by atoms with Crippen molar-refractivity contribution in [2.45, 2.75) is 52.1 Å². The Morgan fingerprint density at radius 1 is 1.14 bits per heavy atom. The van der Waals surface area contributed by atoms with Crippen LogP contribution < -0.4 is 10.2 Å². The van der Waals surface area contributed by atoms with Crippen molar-refractivity contribution in [1.82, 2.24) is 15.3 Å². The van der Waals surface area contributed by atoms with Crippen molar-refractivity contribution in [2.75, 3.05) is 36.8 Å². The molecule has 158 valence electrons. The first kappa shape index (κ1) is 23.4. The molecule has 1 unspecified atom stereocenters. The number of anilines is 1. The predicted octanol–water partition coefficient (Wildman–Crippen LogP) is 3.85. The molecule has 3 heterocycles. The minimum Gasteiger partial charge on any atom is -0.371 e. The van der Waals surface area contributed by atoms with E-state index in [0.29, 0.717) is 11.1 Å². The molecule has 2 atom stereocenters. The van der Waals surface area contributed by atoms with E-state index in [0.717, 1.165) is 48.4 Å². The molecule has 2 fully saturated rings. The number of rotatable bonds is 4. The molecule has 6 nitrogen and oxygen atoms in total. The van der Waals surface area contributed by atoms with Crippen LogP contribution in [0.5, 0.6) is 0 Å². The molecular formula is C22H33N5OS. The summed E-state index contributed by atoms with van der Waals surface area (Å²) in [5, 5.41) is 13.3. The largest absolute Gasteiger partial charge is 0.371 e. The molecule has 2 saturated heterocycles. The molecule has 0 saturated carbocycles. The fourth-order valence-electron chi connectivity index (χ4n) is 3.35. The van der Waals surface area contributed by atoms with Gasteiger partial charge in [-0.15, -0.1) is 0 Å². The average Bonchev–Trinajstić information content (AvgIpc) is 2.74. The number of nitrogens with one attached hydrogen (secondary N) is 1. The van der Waals surface area contributed by atoms with Gasteiger partial charge in [-0.1, -0.05) is 27.7 Å². The zero-order valence-electron chi connectivity index (χ0n) is 18.2. The lowest BCUT2D eigenvalue weighted by Crippen LogP contribution is -2.49. The van der Waals surface area contributed by atoms with E-state index in [4.69, 9.17) is 4.74 Å². The first-order valence-electron chi connectivity index (χ1n) is 10.6. The van der Waals surface area contributed by atoms with Crippen LogP contribution in [0.2, 0.25) is 0 Å². The van der Waals surface area contributed by atoms with Crippen molar-refractivity contribution in [3.05, 3.63) is 30.1 Å². The smallest absolute Gasteiger partial charge is 0.113 e. The van der Waals surface area contributed by atoms with Gasteiger partial charge < -0.3 is 15.0 Å². The quantitative estimate of drug-likeness (QED) is 0.813. The van der Waals surface area contributed by atoms with Crippen LogP contribution >= 0.6 is 11.8 Å². The summed E-state index contributed by atoms with van der Waals surface area (Å²) in [6, 6.07) is 6.05. The van der Waals surface area contributed by atoms with Gasteiger partial charge in [0.15, 0.2) is 0 Å². The first-order chi connectivity index (χ1) is 14.2. The number of hydrogen-bond donors (Lipinski definition) is 1. The third kappa shape index (κ3) is 5.81. The Bertz CT molecular complexity index is 805. The van der Waals surface area contributed by atoms with Gasteiger partial charge in [-0.3, -0.25) is 9.97 Å². The topological polar surface area (TPSA) is 74.1 Å². The molecule has 0 amide bonds. The number of nitriles is 1. The molecule has 2 aliphatic heterocycles. The summed E-state index contributed by atoms with van der Waals surface area (Å²) < 4.78 is 6.14. The van der Waals surface area contributed by atoms with Gasteiger partial charge in [0, 0.05) is 49.6 Å². The second kappa shape index (κ2) is 12.0. The van der Waals surface area contributed by atoms with Crippen LogP contribution in [0.1, 0.15) is 40.2 Å². The molecule has 1 aromatic carbocycles. The van der Waals surface area contributed by atoms with E-state index in [1.54, 1.807) is 12.4 Å². The number of benzene rings is 1. The van der Waals surface area contributed by atoms with Gasteiger partial charge in [0.2, 0.25) is 0 Å². The van der Waals surface area contributed by atoms with Crippen LogP contribution in [0.3, 0.4) is 0 Å². The summed E-state index contributed by atoms with van der Waals surface area (Å²) in [4.78, 5) is 11.2. The Balaban J connectivity index is 0.000000707. The first-order valence-corrected chi connectivity index (χ1v) is 11.7. The van der Waals surface area contributed by atoms with Crippen LogP contribution in [0.4, 0.5) is 5.69 Å². The highest BCUT2D eigenvalue weighted by Gasteiger charge is 2.28. The Kier molecular flexibility index (Phi) is 9.65. The molecule has 1 N–H and O–H groups in total. The summed E-state index contributed by atoms with van der Waals surface area (Å²) in [6.45, 7) is 14.0. The van der Waals surface area contributed by atoms with Crippen molar-refractivity contribution in [2.24, 2.45) is 0 Å². The second-order valence-electron chi connectivity index (χ2n) is 6.58. The van der Waals surface area contributed by atoms with Gasteiger partial charge in [-0.05, 0) is 19.1 Å². The molecule has 0 bridgehead atoms. The van der Waals surface area contributed by atoms with Crippen LogP contribution in [0, 0.1) is 11.3 Å². The summed E-state index contributed by atoms with van der Waals surface area (Å²) in [5.41, 5.74) is 3.08. The number of fused-ring (bicyclic) bond motifs is 1. The maximum Gasteiger partial charge on any atom is 0.113 e.